The maximum Gasteiger partial charge on any atom is 0.251 e. The molecule has 0 aromatic heterocycles. The number of hydrogen-bond donors (Lipinski definition) is 1. The van der Waals surface area contributed by atoms with Crippen molar-refractivity contribution in [3.63, 3.8) is 0 Å². The first kappa shape index (κ1) is 16.9. The Morgan fingerprint density at radius 3 is 2.54 bits per heavy atom. The SMILES string of the molecule is C[S@](=O)c1ccc(C(=O)N[C@H]2CCN(Cc3ccccc3)C2)cc1. The van der Waals surface area contributed by atoms with E-state index in [2.05, 4.69) is 34.5 Å². The molecule has 0 bridgehead atoms. The van der Waals surface area contributed by atoms with Crippen molar-refractivity contribution in [1.82, 2.24) is 10.2 Å². The van der Waals surface area contributed by atoms with E-state index in [0.29, 0.717) is 5.56 Å². The normalized spacial score (nSPS) is 19.1. The highest BCUT2D eigenvalue weighted by Gasteiger charge is 2.24. The zero-order valence-electron chi connectivity index (χ0n) is 13.8. The number of nitrogens with zero attached hydrogens (tertiary/aromatic N) is 1. The summed E-state index contributed by atoms with van der Waals surface area (Å²) < 4.78 is 11.4. The van der Waals surface area contributed by atoms with Gasteiger partial charge in [-0.1, -0.05) is 30.3 Å². The van der Waals surface area contributed by atoms with E-state index in [-0.39, 0.29) is 11.9 Å². The fourth-order valence-corrected chi connectivity index (χ4v) is 3.52. The van der Waals surface area contributed by atoms with E-state index in [4.69, 9.17) is 0 Å². The lowest BCUT2D eigenvalue weighted by Crippen LogP contribution is -2.36. The fourth-order valence-electron chi connectivity index (χ4n) is 3.00. The Kier molecular flexibility index (Phi) is 5.43. The summed E-state index contributed by atoms with van der Waals surface area (Å²) in [4.78, 5) is 15.4. The van der Waals surface area contributed by atoms with E-state index in [0.717, 1.165) is 31.0 Å². The second-order valence-electron chi connectivity index (χ2n) is 6.16. The molecule has 1 heterocycles. The monoisotopic (exact) mass is 342 g/mol. The molecule has 0 saturated carbocycles. The lowest BCUT2D eigenvalue weighted by molar-refractivity contribution is 0.0937. The predicted molar refractivity (Wildman–Crippen MR) is 96.4 cm³/mol. The number of nitrogens with one attached hydrogen (secondary N) is 1. The Morgan fingerprint density at radius 1 is 1.17 bits per heavy atom. The van der Waals surface area contributed by atoms with Gasteiger partial charge in [-0.25, -0.2) is 0 Å². The van der Waals surface area contributed by atoms with Gasteiger partial charge in [0, 0.05) is 53.2 Å². The molecule has 0 unspecified atom stereocenters. The van der Waals surface area contributed by atoms with Crippen LogP contribution < -0.4 is 5.32 Å². The number of carbonyl (C=O) groups is 1. The van der Waals surface area contributed by atoms with E-state index >= 15 is 0 Å². The Labute approximate surface area is 145 Å². The summed E-state index contributed by atoms with van der Waals surface area (Å²) in [6, 6.07) is 17.6. The van der Waals surface area contributed by atoms with Gasteiger partial charge >= 0.3 is 0 Å². The zero-order chi connectivity index (χ0) is 16.9. The van der Waals surface area contributed by atoms with Crippen LogP contribution >= 0.6 is 0 Å². The number of hydrogen-bond acceptors (Lipinski definition) is 3. The molecule has 0 spiro atoms. The van der Waals surface area contributed by atoms with Crippen molar-refractivity contribution in [3.8, 4) is 0 Å². The van der Waals surface area contributed by atoms with Crippen molar-refractivity contribution in [2.75, 3.05) is 19.3 Å². The highest BCUT2D eigenvalue weighted by molar-refractivity contribution is 7.84. The molecule has 1 aliphatic heterocycles. The first-order chi connectivity index (χ1) is 11.6. The standard InChI is InChI=1S/C19H22N2O2S/c1-24(23)18-9-7-16(8-10-18)19(22)20-17-11-12-21(14-17)13-15-5-3-2-4-6-15/h2-10,17H,11-14H2,1H3,(H,20,22)/t17-,24-/m0/s1. The summed E-state index contributed by atoms with van der Waals surface area (Å²) in [6.45, 7) is 2.79. The van der Waals surface area contributed by atoms with Crippen molar-refractivity contribution in [2.45, 2.75) is 23.9 Å². The highest BCUT2D eigenvalue weighted by Crippen LogP contribution is 2.14. The molecule has 4 nitrogen and oxygen atoms in total. The van der Waals surface area contributed by atoms with Crippen molar-refractivity contribution in [1.29, 1.82) is 0 Å². The second kappa shape index (κ2) is 7.73. The molecule has 1 fully saturated rings. The second-order valence-corrected chi connectivity index (χ2v) is 7.54. The van der Waals surface area contributed by atoms with Gasteiger partial charge in [-0.15, -0.1) is 0 Å². The van der Waals surface area contributed by atoms with Gasteiger partial charge in [0.25, 0.3) is 5.91 Å². The summed E-state index contributed by atoms with van der Waals surface area (Å²) in [5, 5.41) is 3.10. The molecule has 3 rings (SSSR count). The van der Waals surface area contributed by atoms with Crippen LogP contribution in [0, 0.1) is 0 Å². The summed E-state index contributed by atoms with van der Waals surface area (Å²) in [5.41, 5.74) is 1.92. The van der Waals surface area contributed by atoms with Crippen LogP contribution in [0.2, 0.25) is 0 Å². The van der Waals surface area contributed by atoms with Gasteiger partial charge in [0.15, 0.2) is 0 Å². The first-order valence-corrected chi connectivity index (χ1v) is 9.68. The molecule has 126 valence electrons. The smallest absolute Gasteiger partial charge is 0.251 e. The maximum atomic E-state index is 12.3. The summed E-state index contributed by atoms with van der Waals surface area (Å²) >= 11 is 0. The molecule has 1 saturated heterocycles. The molecule has 5 heteroatoms. The minimum absolute atomic E-state index is 0.0602. The van der Waals surface area contributed by atoms with Gasteiger partial charge in [0.1, 0.15) is 0 Å². The van der Waals surface area contributed by atoms with Crippen LogP contribution in [0.3, 0.4) is 0 Å². The molecule has 0 aliphatic carbocycles. The molecular formula is C19H22N2O2S. The quantitative estimate of drug-likeness (QED) is 0.908. The van der Waals surface area contributed by atoms with Crippen LogP contribution in [-0.2, 0) is 17.3 Å². The molecule has 1 N–H and O–H groups in total. The van der Waals surface area contributed by atoms with Crippen LogP contribution in [-0.4, -0.2) is 40.4 Å². The van der Waals surface area contributed by atoms with E-state index < -0.39 is 10.8 Å². The minimum Gasteiger partial charge on any atom is -0.348 e. The Hall–Kier alpha value is -1.98. The molecule has 2 aromatic rings. The van der Waals surface area contributed by atoms with Crippen molar-refractivity contribution >= 4 is 16.7 Å². The van der Waals surface area contributed by atoms with Crippen LogP contribution in [0.25, 0.3) is 0 Å². The molecule has 2 atom stereocenters. The number of rotatable bonds is 5. The Bertz CT molecular complexity index is 716. The van der Waals surface area contributed by atoms with Gasteiger partial charge in [0.05, 0.1) is 0 Å². The van der Waals surface area contributed by atoms with Crippen molar-refractivity contribution < 1.29 is 9.00 Å². The summed E-state index contributed by atoms with van der Waals surface area (Å²) in [7, 11) is -1.02. The minimum atomic E-state index is -1.02. The van der Waals surface area contributed by atoms with Crippen LogP contribution in [0.1, 0.15) is 22.3 Å². The number of benzene rings is 2. The Balaban J connectivity index is 1.53. The van der Waals surface area contributed by atoms with E-state index in [1.807, 2.05) is 6.07 Å². The number of amides is 1. The number of carbonyl (C=O) groups excluding carboxylic acids is 1. The Morgan fingerprint density at radius 2 is 1.88 bits per heavy atom. The van der Waals surface area contributed by atoms with Gasteiger partial charge in [-0.05, 0) is 36.2 Å². The van der Waals surface area contributed by atoms with Crippen LogP contribution in [0.4, 0.5) is 0 Å². The van der Waals surface area contributed by atoms with Gasteiger partial charge in [0.2, 0.25) is 0 Å². The largest absolute Gasteiger partial charge is 0.348 e. The topological polar surface area (TPSA) is 49.4 Å². The number of likely N-dealkylation sites (tertiary alicyclic amines) is 1. The first-order valence-electron chi connectivity index (χ1n) is 8.12. The highest BCUT2D eigenvalue weighted by atomic mass is 32.2. The fraction of sp³-hybridized carbons (Fsp3) is 0.316. The average Bonchev–Trinajstić information content (AvgIpc) is 3.02. The molecule has 24 heavy (non-hydrogen) atoms. The molecule has 1 amide bonds. The molecule has 1 aliphatic rings. The predicted octanol–water partition coefficient (Wildman–Crippen LogP) is 2.43. The van der Waals surface area contributed by atoms with E-state index in [9.17, 15) is 9.00 Å². The third-order valence-corrected chi connectivity index (χ3v) is 5.24. The molecular weight excluding hydrogens is 320 g/mol. The van der Waals surface area contributed by atoms with Crippen molar-refractivity contribution in [3.05, 3.63) is 65.7 Å². The zero-order valence-corrected chi connectivity index (χ0v) is 14.6. The lowest BCUT2D eigenvalue weighted by atomic mass is 10.2. The summed E-state index contributed by atoms with van der Waals surface area (Å²) in [6.07, 6.45) is 2.60. The van der Waals surface area contributed by atoms with E-state index in [1.165, 1.54) is 5.56 Å². The molecule has 0 radical (unpaired) electrons. The van der Waals surface area contributed by atoms with Crippen molar-refractivity contribution in [2.24, 2.45) is 0 Å². The van der Waals surface area contributed by atoms with Gasteiger partial charge in [-0.3, -0.25) is 13.9 Å². The van der Waals surface area contributed by atoms with Crippen LogP contribution in [0.15, 0.2) is 59.5 Å². The van der Waals surface area contributed by atoms with Gasteiger partial charge < -0.3 is 5.32 Å². The summed E-state index contributed by atoms with van der Waals surface area (Å²) in [5.74, 6) is -0.0602. The third kappa shape index (κ3) is 4.30. The molecule has 2 aromatic carbocycles. The average molecular weight is 342 g/mol. The van der Waals surface area contributed by atoms with Gasteiger partial charge in [-0.2, -0.15) is 0 Å². The van der Waals surface area contributed by atoms with Crippen LogP contribution in [0.5, 0.6) is 0 Å². The van der Waals surface area contributed by atoms with E-state index in [1.54, 1.807) is 30.5 Å². The maximum absolute atomic E-state index is 12.3. The lowest BCUT2D eigenvalue weighted by Gasteiger charge is -2.17. The third-order valence-electron chi connectivity index (χ3n) is 4.31.